The van der Waals surface area contributed by atoms with E-state index in [-0.39, 0.29) is 108 Å². The Balaban J connectivity index is 2.06. The Morgan fingerprint density at radius 1 is 0.314 bits per heavy atom. The summed E-state index contributed by atoms with van der Waals surface area (Å²) in [4.78, 5) is 8.62. The Morgan fingerprint density at radius 2 is 0.471 bits per heavy atom. The summed E-state index contributed by atoms with van der Waals surface area (Å²) >= 11 is 0. The highest BCUT2D eigenvalue weighted by molar-refractivity contribution is 5.67. The van der Waals surface area contributed by atoms with E-state index in [9.17, 15) is 40.9 Å². The summed E-state index contributed by atoms with van der Waals surface area (Å²) in [6, 6.07) is 7.29. The fourth-order valence-corrected chi connectivity index (χ4v) is 11.1. The summed E-state index contributed by atoms with van der Waals surface area (Å²) in [5.41, 5.74) is 4.66. The van der Waals surface area contributed by atoms with Crippen molar-refractivity contribution in [3.63, 3.8) is 0 Å². The molecule has 0 fully saturated rings. The SMILES string of the molecule is CCN(CC)Cc1c(O)c2cc(c1O)C(C)c1cc(c(O)c(CN(C(C)C)C(C)C)c1O)C(C)c1cc(c(O)c(CN(C(C)C)C(C)C)c1O)C(C)c1cc(c(O)c(CN(C(C)C)C(C)C)c1O)C2C. The first-order valence-electron chi connectivity index (χ1n) is 25.9. The van der Waals surface area contributed by atoms with Crippen LogP contribution in [0.3, 0.4) is 0 Å². The number of benzene rings is 4. The van der Waals surface area contributed by atoms with E-state index < -0.39 is 23.7 Å². The molecule has 4 aromatic rings. The van der Waals surface area contributed by atoms with Gasteiger partial charge < -0.3 is 40.9 Å². The molecular formula is C58H88N4O8. The molecule has 0 heterocycles. The molecule has 1 aliphatic carbocycles. The number of phenols is 8. The minimum atomic E-state index is -0.728. The standard InChI is InChI=1S/C58H88N4O8/c1-19-59(20-2)25-47-51(63)39-21-40(52(47)64)36(16)42-23-44(56(68)49(54(42)66)27-61(31(7)8)32(9)10)38(18)46-24-45(57(69)50(58(46)70)28-62(33(11)12)34(13)14)37(17)43-22-41(35(39)15)53(65)48(55(43)67)26-60(29(3)4)30(5)6/h21-24,29-38,63-70H,19-20,25-28H2,1-18H3. The fourth-order valence-electron chi connectivity index (χ4n) is 11.1. The Hall–Kier alpha value is -4.88. The van der Waals surface area contributed by atoms with Crippen molar-refractivity contribution in [1.82, 2.24) is 19.6 Å². The molecule has 0 aliphatic heterocycles. The molecule has 388 valence electrons. The van der Waals surface area contributed by atoms with Crippen molar-refractivity contribution >= 4 is 0 Å². The highest BCUT2D eigenvalue weighted by Gasteiger charge is 2.36. The lowest BCUT2D eigenvalue weighted by Crippen LogP contribution is -2.36. The third-order valence-corrected chi connectivity index (χ3v) is 15.7. The summed E-state index contributed by atoms with van der Waals surface area (Å²) in [6.07, 6.45) is 0. The molecule has 4 aromatic carbocycles. The molecule has 0 radical (unpaired) electrons. The van der Waals surface area contributed by atoms with Gasteiger partial charge in [0, 0.05) is 131 Å². The summed E-state index contributed by atoms with van der Waals surface area (Å²) < 4.78 is 0. The van der Waals surface area contributed by atoms with E-state index in [1.165, 1.54) is 0 Å². The van der Waals surface area contributed by atoms with E-state index in [1.807, 2.05) is 41.5 Å². The topological polar surface area (TPSA) is 175 Å². The van der Waals surface area contributed by atoms with Gasteiger partial charge in [-0.2, -0.15) is 0 Å². The molecular weight excluding hydrogens is 881 g/mol. The number of hydrogen-bond acceptors (Lipinski definition) is 12. The van der Waals surface area contributed by atoms with E-state index in [2.05, 4.69) is 103 Å². The average molecular weight is 969 g/mol. The van der Waals surface area contributed by atoms with Crippen molar-refractivity contribution in [2.75, 3.05) is 13.1 Å². The first kappa shape index (κ1) is 56.0. The maximum Gasteiger partial charge on any atom is 0.127 e. The highest BCUT2D eigenvalue weighted by atomic mass is 16.3. The van der Waals surface area contributed by atoms with Crippen molar-refractivity contribution in [3.05, 3.63) is 91.0 Å². The second-order valence-corrected chi connectivity index (χ2v) is 21.9. The maximum absolute atomic E-state index is 12.6. The van der Waals surface area contributed by atoms with Gasteiger partial charge in [0.1, 0.15) is 46.0 Å². The Bertz CT molecular complexity index is 2320. The Kier molecular flexibility index (Phi) is 17.8. The van der Waals surface area contributed by atoms with Gasteiger partial charge in [-0.15, -0.1) is 0 Å². The quantitative estimate of drug-likeness (QED) is 0.0534. The largest absolute Gasteiger partial charge is 0.507 e. The van der Waals surface area contributed by atoms with Crippen LogP contribution in [-0.2, 0) is 26.2 Å². The van der Waals surface area contributed by atoms with Gasteiger partial charge in [-0.1, -0.05) is 41.5 Å². The van der Waals surface area contributed by atoms with Gasteiger partial charge in [-0.25, -0.2) is 0 Å². The number of nitrogens with zero attached hydrogens (tertiary/aromatic N) is 4. The monoisotopic (exact) mass is 969 g/mol. The van der Waals surface area contributed by atoms with Crippen LogP contribution >= 0.6 is 0 Å². The van der Waals surface area contributed by atoms with Crippen molar-refractivity contribution in [2.24, 2.45) is 0 Å². The van der Waals surface area contributed by atoms with Gasteiger partial charge in [0.15, 0.2) is 0 Å². The molecule has 12 heteroatoms. The third-order valence-electron chi connectivity index (χ3n) is 15.7. The molecule has 8 bridgehead atoms. The van der Waals surface area contributed by atoms with Gasteiger partial charge in [-0.05, 0) is 120 Å². The van der Waals surface area contributed by atoms with Crippen LogP contribution in [0.5, 0.6) is 46.0 Å². The van der Waals surface area contributed by atoms with Crippen LogP contribution in [0.4, 0.5) is 0 Å². The van der Waals surface area contributed by atoms with Gasteiger partial charge in [0.2, 0.25) is 0 Å². The van der Waals surface area contributed by atoms with Crippen LogP contribution in [0.25, 0.3) is 0 Å². The van der Waals surface area contributed by atoms with Gasteiger partial charge in [-0.3, -0.25) is 19.6 Å². The van der Waals surface area contributed by atoms with Gasteiger partial charge in [0.25, 0.3) is 0 Å². The van der Waals surface area contributed by atoms with Crippen molar-refractivity contribution < 1.29 is 40.9 Å². The Morgan fingerprint density at radius 3 is 0.614 bits per heavy atom. The maximum atomic E-state index is 12.6. The molecule has 8 N–H and O–H groups in total. The molecule has 1 aliphatic rings. The zero-order valence-corrected chi connectivity index (χ0v) is 45.7. The van der Waals surface area contributed by atoms with Crippen LogP contribution in [0, 0.1) is 0 Å². The normalized spacial score (nSPS) is 17.7. The number of aromatic hydroxyl groups is 8. The molecule has 4 unspecified atom stereocenters. The van der Waals surface area contributed by atoms with Crippen molar-refractivity contribution in [1.29, 1.82) is 0 Å². The minimum absolute atomic E-state index is 0.0407. The second-order valence-electron chi connectivity index (χ2n) is 21.9. The summed E-state index contributed by atoms with van der Waals surface area (Å²) in [5.74, 6) is -3.89. The average Bonchev–Trinajstić information content (AvgIpc) is 3.27. The van der Waals surface area contributed by atoms with E-state index in [0.29, 0.717) is 79.9 Å². The molecule has 0 saturated heterocycles. The predicted octanol–water partition coefficient (Wildman–Crippen LogP) is 12.0. The Labute approximate surface area is 419 Å². The molecule has 0 saturated carbocycles. The van der Waals surface area contributed by atoms with E-state index in [0.717, 1.165) is 0 Å². The smallest absolute Gasteiger partial charge is 0.127 e. The minimum Gasteiger partial charge on any atom is -0.507 e. The molecule has 4 atom stereocenters. The lowest BCUT2D eigenvalue weighted by molar-refractivity contribution is 0.162. The second kappa shape index (κ2) is 22.3. The van der Waals surface area contributed by atoms with Crippen LogP contribution in [0.2, 0.25) is 0 Å². The summed E-state index contributed by atoms with van der Waals surface area (Å²) in [5, 5.41) is 101. The first-order chi connectivity index (χ1) is 32.6. The molecule has 12 nitrogen and oxygen atoms in total. The van der Waals surface area contributed by atoms with Crippen LogP contribution in [0.15, 0.2) is 24.3 Å². The number of hydrogen-bond donors (Lipinski definition) is 8. The van der Waals surface area contributed by atoms with Gasteiger partial charge >= 0.3 is 0 Å². The van der Waals surface area contributed by atoms with Crippen molar-refractivity contribution in [3.8, 4) is 46.0 Å². The van der Waals surface area contributed by atoms with E-state index in [4.69, 9.17) is 0 Å². The number of phenolic OH excluding ortho intramolecular Hbond substituents is 8. The molecule has 0 spiro atoms. The lowest BCUT2D eigenvalue weighted by Gasteiger charge is -2.34. The zero-order chi connectivity index (χ0) is 52.7. The highest BCUT2D eigenvalue weighted by Crippen LogP contribution is 2.54. The van der Waals surface area contributed by atoms with Crippen LogP contribution < -0.4 is 0 Å². The van der Waals surface area contributed by atoms with Crippen LogP contribution in [0.1, 0.15) is 215 Å². The zero-order valence-electron chi connectivity index (χ0n) is 45.7. The molecule has 0 aromatic heterocycles. The van der Waals surface area contributed by atoms with E-state index in [1.54, 1.807) is 24.3 Å². The molecule has 70 heavy (non-hydrogen) atoms. The fraction of sp³-hybridized carbons (Fsp3) is 0.586. The van der Waals surface area contributed by atoms with E-state index >= 15 is 0 Å². The number of rotatable bonds is 16. The summed E-state index contributed by atoms with van der Waals surface area (Å²) in [6.45, 7) is 38.5. The van der Waals surface area contributed by atoms with Gasteiger partial charge in [0.05, 0.1) is 22.3 Å². The predicted molar refractivity (Wildman–Crippen MR) is 283 cm³/mol. The van der Waals surface area contributed by atoms with Crippen molar-refractivity contribution in [2.45, 2.75) is 211 Å². The lowest BCUT2D eigenvalue weighted by atomic mass is 9.78. The first-order valence-corrected chi connectivity index (χ1v) is 25.9. The number of fused-ring (bicyclic) bond motifs is 8. The van der Waals surface area contributed by atoms with Crippen LogP contribution in [-0.4, -0.2) is 110 Å². The molecule has 0 amide bonds. The molecule has 5 rings (SSSR count). The summed E-state index contributed by atoms with van der Waals surface area (Å²) in [7, 11) is 0. The third kappa shape index (κ3) is 10.7.